The normalized spacial score (nSPS) is 15.8. The van der Waals surface area contributed by atoms with Crippen LogP contribution in [0.2, 0.25) is 0 Å². The highest BCUT2D eigenvalue weighted by atomic mass is 19.1. The summed E-state index contributed by atoms with van der Waals surface area (Å²) in [4.78, 5) is 0. The molecule has 3 heteroatoms. The third-order valence-electron chi connectivity index (χ3n) is 1.87. The fourth-order valence-electron chi connectivity index (χ4n) is 1.29. The number of hydrogen-bond donors (Lipinski definition) is 0. The van der Waals surface area contributed by atoms with Crippen LogP contribution in [0.4, 0.5) is 8.78 Å². The molecule has 0 aliphatic carbocycles. The van der Waals surface area contributed by atoms with Crippen LogP contribution in [-0.4, -0.2) is 6.61 Å². The molecule has 1 nitrogen and oxygen atoms in total. The van der Waals surface area contributed by atoms with Gasteiger partial charge in [0.2, 0.25) is 0 Å². The second kappa shape index (κ2) is 2.83. The predicted octanol–water partition coefficient (Wildman–Crippen LogP) is 2.05. The zero-order valence-electron chi connectivity index (χ0n) is 6.31. The summed E-state index contributed by atoms with van der Waals surface area (Å²) in [6.07, 6.45) is 0.570. The van der Waals surface area contributed by atoms with Crippen LogP contribution in [-0.2, 0) is 11.2 Å². The summed E-state index contributed by atoms with van der Waals surface area (Å²) in [6, 6.07) is 2.21. The Balaban J connectivity index is 2.53. The van der Waals surface area contributed by atoms with Crippen LogP contribution in [0.3, 0.4) is 0 Å². The third-order valence-corrected chi connectivity index (χ3v) is 1.87. The van der Waals surface area contributed by atoms with Crippen molar-refractivity contribution in [2.75, 3.05) is 6.61 Å². The minimum absolute atomic E-state index is 0.377. The molecule has 12 heavy (non-hydrogen) atoms. The summed E-state index contributed by atoms with van der Waals surface area (Å²) in [7, 11) is 0. The van der Waals surface area contributed by atoms with Crippen molar-refractivity contribution in [1.82, 2.24) is 0 Å². The van der Waals surface area contributed by atoms with Gasteiger partial charge >= 0.3 is 0 Å². The lowest BCUT2D eigenvalue weighted by molar-refractivity contribution is 0.200. The number of fused-ring (bicyclic) bond motifs is 1. The average Bonchev–Trinajstić information content (AvgIpc) is 2.04. The molecular weight excluding hydrogens is 162 g/mol. The van der Waals surface area contributed by atoms with E-state index in [9.17, 15) is 8.78 Å². The second-order valence-electron chi connectivity index (χ2n) is 2.70. The Morgan fingerprint density at radius 1 is 1.25 bits per heavy atom. The molecule has 1 aliphatic rings. The monoisotopic (exact) mass is 169 g/mol. The summed E-state index contributed by atoms with van der Waals surface area (Å²) in [6.45, 7) is 1.84. The first-order valence-corrected chi connectivity index (χ1v) is 3.70. The maximum absolute atomic E-state index is 13.0. The molecule has 1 aromatic rings. The standard InChI is InChI=1S/C9H7F2O/c10-7-3-6-1-2-12-5-8(6)9(11)4-7/h3-5H,1-2H2. The lowest BCUT2D eigenvalue weighted by atomic mass is 10.0. The smallest absolute Gasteiger partial charge is 0.132 e. The Morgan fingerprint density at radius 2 is 2.08 bits per heavy atom. The van der Waals surface area contributed by atoms with Crippen molar-refractivity contribution >= 4 is 0 Å². The molecule has 1 aromatic carbocycles. The summed E-state index contributed by atoms with van der Waals surface area (Å²) < 4.78 is 30.6. The molecule has 0 unspecified atom stereocenters. The first-order valence-electron chi connectivity index (χ1n) is 3.70. The van der Waals surface area contributed by atoms with E-state index < -0.39 is 11.6 Å². The van der Waals surface area contributed by atoms with Crippen LogP contribution < -0.4 is 0 Å². The van der Waals surface area contributed by atoms with E-state index in [-0.39, 0.29) is 0 Å². The highest BCUT2D eigenvalue weighted by molar-refractivity contribution is 5.35. The van der Waals surface area contributed by atoms with Crippen LogP contribution in [0.25, 0.3) is 0 Å². The van der Waals surface area contributed by atoms with Crippen LogP contribution >= 0.6 is 0 Å². The highest BCUT2D eigenvalue weighted by Gasteiger charge is 2.15. The molecule has 0 fully saturated rings. The molecule has 1 radical (unpaired) electrons. The Bertz CT molecular complexity index is 310. The molecule has 0 N–H and O–H groups in total. The quantitative estimate of drug-likeness (QED) is 0.577. The molecule has 0 atom stereocenters. The largest absolute Gasteiger partial charge is 0.370 e. The molecule has 0 bridgehead atoms. The lowest BCUT2D eigenvalue weighted by Crippen LogP contribution is -2.10. The minimum atomic E-state index is -0.551. The van der Waals surface area contributed by atoms with E-state index in [2.05, 4.69) is 0 Å². The van der Waals surface area contributed by atoms with E-state index in [4.69, 9.17) is 4.74 Å². The minimum Gasteiger partial charge on any atom is -0.370 e. The molecule has 2 rings (SSSR count). The zero-order chi connectivity index (χ0) is 8.55. The first-order chi connectivity index (χ1) is 5.77. The van der Waals surface area contributed by atoms with Crippen LogP contribution in [0.1, 0.15) is 11.1 Å². The van der Waals surface area contributed by atoms with Crippen LogP contribution in [0, 0.1) is 18.2 Å². The van der Waals surface area contributed by atoms with E-state index >= 15 is 0 Å². The summed E-state index contributed by atoms with van der Waals surface area (Å²) in [5.74, 6) is -1.08. The Hall–Kier alpha value is -0.960. The van der Waals surface area contributed by atoms with Crippen LogP contribution in [0.5, 0.6) is 0 Å². The number of benzene rings is 1. The molecule has 0 amide bonds. The van der Waals surface area contributed by atoms with Crippen molar-refractivity contribution in [2.45, 2.75) is 6.42 Å². The Labute approximate surface area is 69.0 Å². The Kier molecular flexibility index (Phi) is 1.81. The Morgan fingerprint density at radius 3 is 2.92 bits per heavy atom. The van der Waals surface area contributed by atoms with Gasteiger partial charge < -0.3 is 4.74 Å². The molecule has 0 saturated carbocycles. The maximum atomic E-state index is 13.0. The number of rotatable bonds is 0. The van der Waals surface area contributed by atoms with Gasteiger partial charge in [-0.15, -0.1) is 0 Å². The molecule has 0 aromatic heterocycles. The third kappa shape index (κ3) is 1.20. The fourth-order valence-corrected chi connectivity index (χ4v) is 1.29. The van der Waals surface area contributed by atoms with E-state index in [0.717, 1.165) is 6.07 Å². The van der Waals surface area contributed by atoms with Crippen molar-refractivity contribution in [3.63, 3.8) is 0 Å². The maximum Gasteiger partial charge on any atom is 0.132 e. The zero-order valence-corrected chi connectivity index (χ0v) is 6.31. The summed E-state index contributed by atoms with van der Waals surface area (Å²) >= 11 is 0. The van der Waals surface area contributed by atoms with Crippen molar-refractivity contribution < 1.29 is 13.5 Å². The van der Waals surface area contributed by atoms with E-state index in [1.54, 1.807) is 0 Å². The number of hydrogen-bond acceptors (Lipinski definition) is 1. The second-order valence-corrected chi connectivity index (χ2v) is 2.70. The molecular formula is C9H7F2O. The van der Waals surface area contributed by atoms with E-state index in [1.165, 1.54) is 12.7 Å². The van der Waals surface area contributed by atoms with Gasteiger partial charge in [-0.2, -0.15) is 0 Å². The topological polar surface area (TPSA) is 9.23 Å². The van der Waals surface area contributed by atoms with Crippen molar-refractivity contribution in [2.24, 2.45) is 0 Å². The number of halogens is 2. The van der Waals surface area contributed by atoms with E-state index in [0.29, 0.717) is 24.2 Å². The van der Waals surface area contributed by atoms with Gasteiger partial charge in [-0.25, -0.2) is 8.78 Å². The van der Waals surface area contributed by atoms with Gasteiger partial charge in [-0.05, 0) is 18.1 Å². The van der Waals surface area contributed by atoms with Gasteiger partial charge in [0.15, 0.2) is 0 Å². The average molecular weight is 169 g/mol. The predicted molar refractivity (Wildman–Crippen MR) is 39.4 cm³/mol. The van der Waals surface area contributed by atoms with Crippen molar-refractivity contribution in [3.05, 3.63) is 41.5 Å². The van der Waals surface area contributed by atoms with E-state index in [1.807, 2.05) is 0 Å². The molecule has 63 valence electrons. The summed E-state index contributed by atoms with van der Waals surface area (Å²) in [5, 5.41) is 0. The summed E-state index contributed by atoms with van der Waals surface area (Å²) in [5.41, 5.74) is 1.06. The molecule has 1 heterocycles. The van der Waals surface area contributed by atoms with Gasteiger partial charge in [-0.3, -0.25) is 0 Å². The van der Waals surface area contributed by atoms with Gasteiger partial charge in [-0.1, -0.05) is 0 Å². The van der Waals surface area contributed by atoms with Gasteiger partial charge in [0, 0.05) is 11.6 Å². The highest BCUT2D eigenvalue weighted by Crippen LogP contribution is 2.22. The first kappa shape index (κ1) is 7.68. The fraction of sp³-hybridized carbons (Fsp3) is 0.222. The van der Waals surface area contributed by atoms with Gasteiger partial charge in [0.1, 0.15) is 18.2 Å². The van der Waals surface area contributed by atoms with Gasteiger partial charge in [0.05, 0.1) is 6.61 Å². The van der Waals surface area contributed by atoms with Crippen molar-refractivity contribution in [3.8, 4) is 0 Å². The SMILES string of the molecule is Fc1cc(F)c2c(c1)CCO[CH]2. The number of ether oxygens (including phenoxy) is 1. The molecule has 1 aliphatic heterocycles. The molecule has 0 spiro atoms. The lowest BCUT2D eigenvalue weighted by Gasteiger charge is -2.15. The van der Waals surface area contributed by atoms with Gasteiger partial charge in [0.25, 0.3) is 0 Å². The van der Waals surface area contributed by atoms with Crippen molar-refractivity contribution in [1.29, 1.82) is 0 Å². The van der Waals surface area contributed by atoms with Crippen LogP contribution in [0.15, 0.2) is 12.1 Å². The molecule has 0 saturated heterocycles.